The number of carboxylic acid groups (broad SMARTS) is 1. The molecule has 0 unspecified atom stereocenters. The van der Waals surface area contributed by atoms with E-state index >= 15 is 0 Å². The quantitative estimate of drug-likeness (QED) is 0.383. The van der Waals surface area contributed by atoms with Crippen LogP contribution in [0.25, 0.3) is 5.57 Å². The van der Waals surface area contributed by atoms with E-state index in [9.17, 15) is 15.0 Å². The van der Waals surface area contributed by atoms with E-state index in [0.717, 1.165) is 38.5 Å². The van der Waals surface area contributed by atoms with Gasteiger partial charge >= 0.3 is 5.97 Å². The van der Waals surface area contributed by atoms with E-state index in [4.69, 9.17) is 0 Å². The molecule has 0 saturated heterocycles. The van der Waals surface area contributed by atoms with E-state index in [1.165, 1.54) is 36.0 Å². The predicted molar refractivity (Wildman–Crippen MR) is 158 cm³/mol. The van der Waals surface area contributed by atoms with Crippen LogP contribution in [-0.2, 0) is 4.79 Å². The number of phenolic OH excluding ortho intramolecular Hbond substituents is 1. The molecule has 9 atom stereocenters. The third-order valence-corrected chi connectivity index (χ3v) is 14.2. The van der Waals surface area contributed by atoms with Gasteiger partial charge in [-0.2, -0.15) is 0 Å². The van der Waals surface area contributed by atoms with E-state index in [1.54, 1.807) is 0 Å². The van der Waals surface area contributed by atoms with Crippen molar-refractivity contribution >= 4 is 11.5 Å². The summed E-state index contributed by atoms with van der Waals surface area (Å²) >= 11 is 0. The first-order valence-electron chi connectivity index (χ1n) is 15.6. The Bertz CT molecular complexity index is 1220. The molecule has 0 amide bonds. The normalized spacial score (nSPS) is 46.2. The van der Waals surface area contributed by atoms with Gasteiger partial charge in [0.2, 0.25) is 0 Å². The van der Waals surface area contributed by atoms with Crippen molar-refractivity contribution < 1.29 is 15.0 Å². The first-order chi connectivity index (χ1) is 18.2. The number of carboxylic acids is 1. The minimum Gasteiger partial charge on any atom is -0.508 e. The van der Waals surface area contributed by atoms with Crippen LogP contribution in [0.4, 0.5) is 0 Å². The average Bonchev–Trinajstić information content (AvgIpc) is 3.27. The lowest BCUT2D eigenvalue weighted by Crippen LogP contribution is -2.65. The number of allylic oxidation sites excluding steroid dienone is 3. The van der Waals surface area contributed by atoms with Crippen LogP contribution >= 0.6 is 0 Å². The second kappa shape index (κ2) is 8.49. The maximum Gasteiger partial charge on any atom is 0.309 e. The summed E-state index contributed by atoms with van der Waals surface area (Å²) in [4.78, 5) is 12.9. The number of aliphatic carboxylic acids is 1. The Morgan fingerprint density at radius 1 is 0.872 bits per heavy atom. The van der Waals surface area contributed by atoms with Crippen molar-refractivity contribution in [3.05, 3.63) is 48.1 Å². The standard InChI is InChI=1S/C36H50O3/c1-22(2)25-14-19-36(31(38)39)21-20-34(6)27(30(25)36)12-13-29-33(5)17-15-26(23-8-10-24(37)11-9-23)32(3,4)28(33)16-18-35(29,34)7/h8-11,15,25,27-30,37H,1,12-14,16-21H2,2-7H3,(H,38,39)/t25-,27+,28-,29+,30+,33-,34+,35+,36-/m0/s1. The van der Waals surface area contributed by atoms with Crippen molar-refractivity contribution in [2.75, 3.05) is 0 Å². The van der Waals surface area contributed by atoms with Gasteiger partial charge in [-0.25, -0.2) is 0 Å². The highest BCUT2D eigenvalue weighted by molar-refractivity contribution is 5.76. The lowest BCUT2D eigenvalue weighted by molar-refractivity contribution is -0.227. The monoisotopic (exact) mass is 530 g/mol. The first kappa shape index (κ1) is 27.2. The van der Waals surface area contributed by atoms with Gasteiger partial charge in [-0.05, 0) is 139 Å². The van der Waals surface area contributed by atoms with Gasteiger partial charge in [0.15, 0.2) is 0 Å². The zero-order valence-electron chi connectivity index (χ0n) is 25.1. The van der Waals surface area contributed by atoms with Gasteiger partial charge in [-0.3, -0.25) is 4.79 Å². The lowest BCUT2D eigenvalue weighted by atomic mass is 9.32. The number of rotatable bonds is 3. The summed E-state index contributed by atoms with van der Waals surface area (Å²) in [5.74, 6) is 2.08. The summed E-state index contributed by atoms with van der Waals surface area (Å²) < 4.78 is 0. The van der Waals surface area contributed by atoms with Gasteiger partial charge in [-0.1, -0.05) is 65.0 Å². The topological polar surface area (TPSA) is 57.5 Å². The molecule has 4 fully saturated rings. The molecule has 5 aliphatic carbocycles. The largest absolute Gasteiger partial charge is 0.508 e. The minimum atomic E-state index is -0.549. The molecular weight excluding hydrogens is 480 g/mol. The summed E-state index contributed by atoms with van der Waals surface area (Å²) in [5, 5.41) is 20.5. The highest BCUT2D eigenvalue weighted by Crippen LogP contribution is 2.77. The number of fused-ring (bicyclic) bond motifs is 7. The molecule has 2 N–H and O–H groups in total. The Morgan fingerprint density at radius 2 is 1.56 bits per heavy atom. The van der Waals surface area contributed by atoms with Gasteiger partial charge in [0.05, 0.1) is 5.41 Å². The maximum atomic E-state index is 12.9. The Labute approximate surface area is 236 Å². The fourth-order valence-corrected chi connectivity index (χ4v) is 12.3. The predicted octanol–water partition coefficient (Wildman–Crippen LogP) is 9.13. The van der Waals surface area contributed by atoms with Crippen molar-refractivity contribution in [1.82, 2.24) is 0 Å². The van der Waals surface area contributed by atoms with Crippen molar-refractivity contribution in [2.24, 2.45) is 56.7 Å². The summed E-state index contributed by atoms with van der Waals surface area (Å²) in [6, 6.07) is 7.81. The Balaban J connectivity index is 1.39. The van der Waals surface area contributed by atoms with Gasteiger partial charge < -0.3 is 10.2 Å². The molecule has 4 saturated carbocycles. The SMILES string of the molecule is C=C(C)[C@@H]1CC[C@]2(C(=O)O)CC[C@]3(C)[C@H](CC[C@@H]4[C@@]5(C)CC=C(c6ccc(O)cc6)C(C)(C)[C@@H]5CC[C@]43C)[C@@H]12. The van der Waals surface area contributed by atoms with Gasteiger partial charge in [0.25, 0.3) is 0 Å². The van der Waals surface area contributed by atoms with Gasteiger partial charge in [0.1, 0.15) is 5.75 Å². The molecule has 5 aliphatic rings. The maximum absolute atomic E-state index is 12.9. The minimum absolute atomic E-state index is 0.0601. The van der Waals surface area contributed by atoms with Gasteiger partial charge in [0, 0.05) is 0 Å². The van der Waals surface area contributed by atoms with Crippen molar-refractivity contribution in [3.8, 4) is 5.75 Å². The molecule has 3 nitrogen and oxygen atoms in total. The molecule has 39 heavy (non-hydrogen) atoms. The molecule has 0 heterocycles. The van der Waals surface area contributed by atoms with E-state index in [2.05, 4.69) is 66.3 Å². The van der Waals surface area contributed by atoms with E-state index in [-0.39, 0.29) is 27.6 Å². The fraction of sp³-hybridized carbons (Fsp3) is 0.694. The van der Waals surface area contributed by atoms with Crippen molar-refractivity contribution in [2.45, 2.75) is 99.3 Å². The highest BCUT2D eigenvalue weighted by atomic mass is 16.4. The molecule has 0 spiro atoms. The zero-order chi connectivity index (χ0) is 28.2. The van der Waals surface area contributed by atoms with Crippen LogP contribution in [0, 0.1) is 56.7 Å². The van der Waals surface area contributed by atoms with E-state index in [0.29, 0.717) is 29.4 Å². The van der Waals surface area contributed by atoms with Crippen molar-refractivity contribution in [3.63, 3.8) is 0 Å². The fourth-order valence-electron chi connectivity index (χ4n) is 12.3. The van der Waals surface area contributed by atoms with Crippen LogP contribution in [0.5, 0.6) is 5.75 Å². The molecule has 0 aromatic heterocycles. The third kappa shape index (κ3) is 3.37. The summed E-state index contributed by atoms with van der Waals surface area (Å²) in [7, 11) is 0. The molecule has 3 heteroatoms. The van der Waals surface area contributed by atoms with Crippen LogP contribution in [0.1, 0.15) is 105 Å². The number of benzene rings is 1. The number of carbonyl (C=O) groups is 1. The molecule has 0 bridgehead atoms. The molecule has 1 aromatic rings. The van der Waals surface area contributed by atoms with Crippen LogP contribution in [0.15, 0.2) is 42.5 Å². The van der Waals surface area contributed by atoms with Crippen LogP contribution < -0.4 is 0 Å². The van der Waals surface area contributed by atoms with Crippen LogP contribution in [0.3, 0.4) is 0 Å². The number of aromatic hydroxyl groups is 1. The van der Waals surface area contributed by atoms with Crippen molar-refractivity contribution in [1.29, 1.82) is 0 Å². The number of hydrogen-bond acceptors (Lipinski definition) is 2. The molecule has 0 aliphatic heterocycles. The molecule has 6 rings (SSSR count). The second-order valence-corrected chi connectivity index (χ2v) is 15.7. The molecular formula is C36H50O3. The third-order valence-electron chi connectivity index (χ3n) is 14.2. The van der Waals surface area contributed by atoms with E-state index < -0.39 is 11.4 Å². The Kier molecular flexibility index (Phi) is 5.91. The summed E-state index contributed by atoms with van der Waals surface area (Å²) in [6.45, 7) is 19.3. The molecule has 212 valence electrons. The Hall–Kier alpha value is -2.03. The van der Waals surface area contributed by atoms with Crippen LogP contribution in [0.2, 0.25) is 0 Å². The smallest absolute Gasteiger partial charge is 0.309 e. The van der Waals surface area contributed by atoms with E-state index in [1.807, 2.05) is 12.1 Å². The number of phenols is 1. The highest BCUT2D eigenvalue weighted by Gasteiger charge is 2.71. The molecule has 0 radical (unpaired) electrons. The first-order valence-corrected chi connectivity index (χ1v) is 15.6. The zero-order valence-corrected chi connectivity index (χ0v) is 25.1. The Morgan fingerprint density at radius 3 is 2.21 bits per heavy atom. The second-order valence-electron chi connectivity index (χ2n) is 15.7. The summed E-state index contributed by atoms with van der Waals surface area (Å²) in [5.41, 5.74) is 4.01. The average molecular weight is 531 g/mol. The molecule has 1 aromatic carbocycles. The summed E-state index contributed by atoms with van der Waals surface area (Å²) in [6.07, 6.45) is 12.2. The van der Waals surface area contributed by atoms with Gasteiger partial charge in [-0.15, -0.1) is 0 Å². The lowest BCUT2D eigenvalue weighted by Gasteiger charge is -2.72. The van der Waals surface area contributed by atoms with Crippen LogP contribution in [-0.4, -0.2) is 16.2 Å². The number of hydrogen-bond donors (Lipinski definition) is 2.